The first-order chi connectivity index (χ1) is 7.70. The minimum Gasteiger partial charge on any atom is -0.324 e. The van der Waals surface area contributed by atoms with Crippen molar-refractivity contribution in [2.45, 2.75) is 6.54 Å². The van der Waals surface area contributed by atoms with Crippen LogP contribution in [0.1, 0.15) is 5.69 Å². The average Bonchev–Trinajstić information content (AvgIpc) is 2.61. The van der Waals surface area contributed by atoms with E-state index in [9.17, 15) is 9.59 Å². The average molecular weight is 238 g/mol. The van der Waals surface area contributed by atoms with Crippen LogP contribution in [0.5, 0.6) is 0 Å². The standard InChI is InChI=1S/C9H10N4O2S/c10-12-6-1-2-11-7(3-6)4-13-8(14)5-16-9(13)15/h1-3H,4-5,10H2,(H,11,12). The highest BCUT2D eigenvalue weighted by atomic mass is 32.2. The highest BCUT2D eigenvalue weighted by Gasteiger charge is 2.29. The van der Waals surface area contributed by atoms with Crippen molar-refractivity contribution >= 4 is 28.6 Å². The molecular weight excluding hydrogens is 228 g/mol. The van der Waals surface area contributed by atoms with Crippen LogP contribution in [0, 0.1) is 0 Å². The lowest BCUT2D eigenvalue weighted by Gasteiger charge is -2.12. The molecule has 0 spiro atoms. The summed E-state index contributed by atoms with van der Waals surface area (Å²) in [5.41, 5.74) is 3.80. The van der Waals surface area contributed by atoms with Crippen LogP contribution in [0.15, 0.2) is 18.3 Å². The molecule has 0 unspecified atom stereocenters. The molecule has 1 aliphatic rings. The second-order valence-corrected chi connectivity index (χ2v) is 4.14. The van der Waals surface area contributed by atoms with Gasteiger partial charge in [0.05, 0.1) is 23.7 Å². The number of pyridine rings is 1. The Bertz CT molecular complexity index is 421. The van der Waals surface area contributed by atoms with E-state index < -0.39 is 0 Å². The predicted octanol–water partition coefficient (Wildman–Crippen LogP) is 0.563. The molecule has 1 fully saturated rings. The number of imide groups is 1. The van der Waals surface area contributed by atoms with Crippen molar-refractivity contribution < 1.29 is 9.59 Å². The SMILES string of the molecule is NNc1ccnc(CN2C(=O)CSC2=O)c1. The van der Waals surface area contributed by atoms with Crippen LogP contribution < -0.4 is 11.3 Å². The lowest BCUT2D eigenvalue weighted by atomic mass is 10.3. The number of nitrogen functional groups attached to an aromatic ring is 1. The quantitative estimate of drug-likeness (QED) is 0.591. The summed E-state index contributed by atoms with van der Waals surface area (Å²) < 4.78 is 0. The van der Waals surface area contributed by atoms with Gasteiger partial charge in [0, 0.05) is 6.20 Å². The summed E-state index contributed by atoms with van der Waals surface area (Å²) in [6.45, 7) is 0.195. The Hall–Kier alpha value is -1.60. The van der Waals surface area contributed by atoms with Crippen molar-refractivity contribution in [2.24, 2.45) is 5.84 Å². The molecule has 7 heteroatoms. The maximum atomic E-state index is 11.4. The molecule has 3 N–H and O–H groups in total. The van der Waals surface area contributed by atoms with E-state index in [0.717, 1.165) is 11.8 Å². The molecule has 0 atom stereocenters. The van der Waals surface area contributed by atoms with Crippen LogP contribution in [0.4, 0.5) is 10.5 Å². The third-order valence-corrected chi connectivity index (χ3v) is 3.00. The molecular formula is C9H10N4O2S. The van der Waals surface area contributed by atoms with Crippen molar-refractivity contribution in [3.63, 3.8) is 0 Å². The zero-order chi connectivity index (χ0) is 11.5. The van der Waals surface area contributed by atoms with E-state index in [2.05, 4.69) is 10.4 Å². The number of aromatic nitrogens is 1. The molecule has 0 aromatic carbocycles. The molecule has 1 aliphatic heterocycles. The van der Waals surface area contributed by atoms with E-state index in [-0.39, 0.29) is 23.4 Å². The van der Waals surface area contributed by atoms with Gasteiger partial charge in [-0.25, -0.2) is 0 Å². The largest absolute Gasteiger partial charge is 0.324 e. The van der Waals surface area contributed by atoms with Crippen molar-refractivity contribution in [1.29, 1.82) is 0 Å². The smallest absolute Gasteiger partial charge is 0.289 e. The third kappa shape index (κ3) is 2.15. The summed E-state index contributed by atoms with van der Waals surface area (Å²) in [5, 5.41) is -0.224. The van der Waals surface area contributed by atoms with E-state index in [0.29, 0.717) is 11.4 Å². The van der Waals surface area contributed by atoms with Crippen LogP contribution in [-0.4, -0.2) is 26.8 Å². The maximum absolute atomic E-state index is 11.4. The van der Waals surface area contributed by atoms with Gasteiger partial charge < -0.3 is 5.43 Å². The number of nitrogens with one attached hydrogen (secondary N) is 1. The Morgan fingerprint density at radius 3 is 3.00 bits per heavy atom. The van der Waals surface area contributed by atoms with Gasteiger partial charge >= 0.3 is 0 Å². The van der Waals surface area contributed by atoms with Crippen molar-refractivity contribution in [2.75, 3.05) is 11.2 Å². The highest BCUT2D eigenvalue weighted by Crippen LogP contribution is 2.21. The summed E-state index contributed by atoms with van der Waals surface area (Å²) in [7, 11) is 0. The Morgan fingerprint density at radius 1 is 1.56 bits per heavy atom. The van der Waals surface area contributed by atoms with Crippen LogP contribution in [-0.2, 0) is 11.3 Å². The molecule has 1 saturated heterocycles. The number of hydrazine groups is 1. The van der Waals surface area contributed by atoms with Gasteiger partial charge in [-0.15, -0.1) is 0 Å². The van der Waals surface area contributed by atoms with Gasteiger partial charge in [-0.05, 0) is 12.1 Å². The molecule has 6 nitrogen and oxygen atoms in total. The highest BCUT2D eigenvalue weighted by molar-refractivity contribution is 8.14. The Kier molecular flexibility index (Phi) is 3.07. The monoisotopic (exact) mass is 238 g/mol. The number of nitrogens with two attached hydrogens (primary N) is 1. The molecule has 0 saturated carbocycles. The van der Waals surface area contributed by atoms with Gasteiger partial charge in [-0.2, -0.15) is 0 Å². The fourth-order valence-corrected chi connectivity index (χ4v) is 2.08. The van der Waals surface area contributed by atoms with Crippen LogP contribution >= 0.6 is 11.8 Å². The summed E-state index contributed by atoms with van der Waals surface area (Å²) in [6.07, 6.45) is 1.57. The van der Waals surface area contributed by atoms with Crippen LogP contribution in [0.25, 0.3) is 0 Å². The molecule has 16 heavy (non-hydrogen) atoms. The predicted molar refractivity (Wildman–Crippen MR) is 60.5 cm³/mol. The first-order valence-corrected chi connectivity index (χ1v) is 5.58. The van der Waals surface area contributed by atoms with Crippen molar-refractivity contribution in [1.82, 2.24) is 9.88 Å². The van der Waals surface area contributed by atoms with Gasteiger partial charge in [0.2, 0.25) is 5.91 Å². The number of carbonyl (C=O) groups is 2. The van der Waals surface area contributed by atoms with Crippen molar-refractivity contribution in [3.05, 3.63) is 24.0 Å². The van der Waals surface area contributed by atoms with Gasteiger partial charge in [0.15, 0.2) is 0 Å². The number of rotatable bonds is 3. The topological polar surface area (TPSA) is 88.3 Å². The molecule has 2 amide bonds. The van der Waals surface area contributed by atoms with Crippen LogP contribution in [0.3, 0.4) is 0 Å². The first-order valence-electron chi connectivity index (χ1n) is 4.59. The van der Waals surface area contributed by atoms with E-state index in [4.69, 9.17) is 5.84 Å². The Labute approximate surface area is 96.2 Å². The minimum absolute atomic E-state index is 0.178. The van der Waals surface area contributed by atoms with E-state index in [1.807, 2.05) is 0 Å². The fraction of sp³-hybridized carbons (Fsp3) is 0.222. The molecule has 0 radical (unpaired) electrons. The Balaban J connectivity index is 2.14. The lowest BCUT2D eigenvalue weighted by Crippen LogP contribution is -2.28. The third-order valence-electron chi connectivity index (χ3n) is 2.14. The lowest BCUT2D eigenvalue weighted by molar-refractivity contribution is -0.125. The zero-order valence-electron chi connectivity index (χ0n) is 8.34. The molecule has 1 aromatic rings. The first kappa shape index (κ1) is 10.9. The van der Waals surface area contributed by atoms with Crippen molar-refractivity contribution in [3.8, 4) is 0 Å². The second kappa shape index (κ2) is 4.50. The minimum atomic E-state index is -0.224. The zero-order valence-corrected chi connectivity index (χ0v) is 9.16. The number of hydrogen-bond donors (Lipinski definition) is 2. The van der Waals surface area contributed by atoms with Gasteiger partial charge in [0.25, 0.3) is 5.24 Å². The fourth-order valence-electron chi connectivity index (χ4n) is 1.35. The Morgan fingerprint density at radius 2 is 2.38 bits per heavy atom. The van der Waals surface area contributed by atoms with Gasteiger partial charge in [0.1, 0.15) is 0 Å². The maximum Gasteiger partial charge on any atom is 0.289 e. The molecule has 0 bridgehead atoms. The summed E-state index contributed by atoms with van der Waals surface area (Å²) >= 11 is 1.01. The van der Waals surface area contributed by atoms with Gasteiger partial charge in [-0.3, -0.25) is 25.3 Å². The van der Waals surface area contributed by atoms with Gasteiger partial charge in [-0.1, -0.05) is 11.8 Å². The number of anilines is 1. The molecule has 1 aromatic heterocycles. The van der Waals surface area contributed by atoms with E-state index in [1.165, 1.54) is 4.90 Å². The molecule has 2 heterocycles. The van der Waals surface area contributed by atoms with Crippen LogP contribution in [0.2, 0.25) is 0 Å². The molecule has 2 rings (SSSR count). The molecule has 84 valence electrons. The summed E-state index contributed by atoms with van der Waals surface area (Å²) in [4.78, 5) is 28.0. The summed E-state index contributed by atoms with van der Waals surface area (Å²) in [6, 6.07) is 3.40. The number of nitrogens with zero attached hydrogens (tertiary/aromatic N) is 2. The number of hydrogen-bond acceptors (Lipinski definition) is 6. The number of thioether (sulfide) groups is 1. The second-order valence-electron chi connectivity index (χ2n) is 3.21. The van der Waals surface area contributed by atoms with E-state index >= 15 is 0 Å². The molecule has 0 aliphatic carbocycles. The van der Waals surface area contributed by atoms with E-state index in [1.54, 1.807) is 18.3 Å². The number of carbonyl (C=O) groups excluding carboxylic acids is 2. The normalized spacial score (nSPS) is 15.7. The number of amides is 2. The summed E-state index contributed by atoms with van der Waals surface area (Å²) in [5.74, 6) is 5.29.